The van der Waals surface area contributed by atoms with E-state index in [1.54, 1.807) is 36.1 Å². The minimum Gasteiger partial charge on any atom is -0.505 e. The van der Waals surface area contributed by atoms with Gasteiger partial charge in [-0.1, -0.05) is 23.4 Å². The lowest BCUT2D eigenvalue weighted by molar-refractivity contribution is 0.457. The van der Waals surface area contributed by atoms with Gasteiger partial charge in [0.05, 0.1) is 5.69 Å². The molecule has 0 aliphatic heterocycles. The van der Waals surface area contributed by atoms with Crippen LogP contribution in [0, 0.1) is 0 Å². The monoisotopic (exact) mass is 255 g/mol. The van der Waals surface area contributed by atoms with Gasteiger partial charge >= 0.3 is 0 Å². The number of aromatic nitrogens is 3. The normalized spacial score (nSPS) is 10.6. The topological polar surface area (TPSA) is 50.9 Å². The van der Waals surface area contributed by atoms with Gasteiger partial charge in [-0.25, -0.2) is 4.98 Å². The Morgan fingerprint density at radius 1 is 1.56 bits per heavy atom. The second kappa shape index (κ2) is 4.76. The van der Waals surface area contributed by atoms with Crippen molar-refractivity contribution in [3.63, 3.8) is 0 Å². The molecule has 0 atom stereocenters. The minimum atomic E-state index is 0.189. The smallest absolute Gasteiger partial charge is 0.147 e. The Hall–Kier alpha value is -1.20. The first kappa shape index (κ1) is 11.3. The summed E-state index contributed by atoms with van der Waals surface area (Å²) in [4.78, 5) is 4.07. The van der Waals surface area contributed by atoms with Gasteiger partial charge in [0.2, 0.25) is 0 Å². The molecular weight excluding hydrogens is 246 g/mol. The van der Waals surface area contributed by atoms with E-state index in [0.29, 0.717) is 15.9 Å². The van der Waals surface area contributed by atoms with E-state index in [-0.39, 0.29) is 5.75 Å². The molecule has 0 saturated heterocycles. The highest BCUT2D eigenvalue weighted by Gasteiger charge is 2.06. The number of hydrogen-bond acceptors (Lipinski definition) is 4. The van der Waals surface area contributed by atoms with Crippen LogP contribution in [0.2, 0.25) is 5.15 Å². The summed E-state index contributed by atoms with van der Waals surface area (Å²) in [5, 5.41) is 14.9. The van der Waals surface area contributed by atoms with Crippen LogP contribution in [0.25, 0.3) is 0 Å². The summed E-state index contributed by atoms with van der Waals surface area (Å²) in [6.45, 7) is 0. The number of nitrogens with zero attached hydrogens (tertiary/aromatic N) is 3. The van der Waals surface area contributed by atoms with Gasteiger partial charge in [-0.3, -0.25) is 4.68 Å². The molecule has 0 spiro atoms. The molecule has 4 nitrogen and oxygen atoms in total. The zero-order valence-electron chi connectivity index (χ0n) is 8.59. The van der Waals surface area contributed by atoms with Crippen molar-refractivity contribution in [3.05, 3.63) is 35.2 Å². The summed E-state index contributed by atoms with van der Waals surface area (Å²) in [7, 11) is 1.79. The van der Waals surface area contributed by atoms with Gasteiger partial charge in [0, 0.05) is 19.0 Å². The third-order valence-electron chi connectivity index (χ3n) is 1.98. The lowest BCUT2D eigenvalue weighted by Crippen LogP contribution is -1.91. The summed E-state index contributed by atoms with van der Waals surface area (Å²) in [5.41, 5.74) is 0.863. The highest BCUT2D eigenvalue weighted by molar-refractivity contribution is 7.98. The van der Waals surface area contributed by atoms with Crippen molar-refractivity contribution < 1.29 is 5.11 Å². The van der Waals surface area contributed by atoms with Crippen LogP contribution in [0.4, 0.5) is 0 Å². The first-order chi connectivity index (χ1) is 7.66. The van der Waals surface area contributed by atoms with E-state index in [1.807, 2.05) is 0 Å². The van der Waals surface area contributed by atoms with E-state index in [9.17, 15) is 5.11 Å². The average molecular weight is 256 g/mol. The van der Waals surface area contributed by atoms with E-state index in [4.69, 9.17) is 11.6 Å². The molecule has 0 radical (unpaired) electrons. The summed E-state index contributed by atoms with van der Waals surface area (Å²) >= 11 is 7.30. The molecule has 16 heavy (non-hydrogen) atoms. The van der Waals surface area contributed by atoms with Gasteiger partial charge in [0.1, 0.15) is 15.9 Å². The van der Waals surface area contributed by atoms with Crippen LogP contribution in [-0.4, -0.2) is 19.9 Å². The predicted molar refractivity (Wildman–Crippen MR) is 63.7 cm³/mol. The van der Waals surface area contributed by atoms with Gasteiger partial charge in [0.25, 0.3) is 0 Å². The molecule has 2 aromatic rings. The fraction of sp³-hybridized carbons (Fsp3) is 0.200. The summed E-state index contributed by atoms with van der Waals surface area (Å²) in [6.07, 6.45) is 1.65. The standard InChI is InChI=1S/C10H10ClN3OS/c1-14-9(11)5-7(13-14)6-16-10-8(15)3-2-4-12-10/h2-5,15H,6H2,1H3. The summed E-state index contributed by atoms with van der Waals surface area (Å²) in [5.74, 6) is 0.819. The molecule has 2 aromatic heterocycles. The van der Waals surface area contributed by atoms with E-state index in [1.165, 1.54) is 11.8 Å². The Bertz CT molecular complexity index is 481. The highest BCUT2D eigenvalue weighted by Crippen LogP contribution is 2.28. The van der Waals surface area contributed by atoms with Crippen molar-refractivity contribution in [1.29, 1.82) is 0 Å². The van der Waals surface area contributed by atoms with Crippen molar-refractivity contribution in [2.24, 2.45) is 7.05 Å². The van der Waals surface area contributed by atoms with Gasteiger partial charge in [0.15, 0.2) is 0 Å². The van der Waals surface area contributed by atoms with Gasteiger partial charge in [-0.05, 0) is 18.2 Å². The number of rotatable bonds is 3. The molecule has 6 heteroatoms. The van der Waals surface area contributed by atoms with E-state index >= 15 is 0 Å². The molecule has 0 saturated carbocycles. The Balaban J connectivity index is 2.05. The first-order valence-corrected chi connectivity index (χ1v) is 5.98. The second-order valence-corrected chi connectivity index (χ2v) is 4.55. The van der Waals surface area contributed by atoms with Crippen LogP contribution in [-0.2, 0) is 12.8 Å². The fourth-order valence-corrected chi connectivity index (χ4v) is 2.15. The van der Waals surface area contributed by atoms with Gasteiger partial charge in [-0.15, -0.1) is 0 Å². The third-order valence-corrected chi connectivity index (χ3v) is 3.36. The molecule has 84 valence electrons. The first-order valence-electron chi connectivity index (χ1n) is 4.62. The highest BCUT2D eigenvalue weighted by atomic mass is 35.5. The number of thioether (sulfide) groups is 1. The Morgan fingerprint density at radius 3 is 3.00 bits per heavy atom. The number of halogens is 1. The Morgan fingerprint density at radius 2 is 2.38 bits per heavy atom. The lowest BCUT2D eigenvalue weighted by Gasteiger charge is -2.00. The summed E-state index contributed by atoms with van der Waals surface area (Å²) < 4.78 is 1.61. The molecule has 1 N–H and O–H groups in total. The Kier molecular flexibility index (Phi) is 3.36. The molecular formula is C10H10ClN3OS. The second-order valence-electron chi connectivity index (χ2n) is 3.20. The maximum absolute atomic E-state index is 9.51. The van der Waals surface area contributed by atoms with Crippen LogP contribution < -0.4 is 0 Å². The molecule has 0 fully saturated rings. The zero-order chi connectivity index (χ0) is 11.5. The minimum absolute atomic E-state index is 0.189. The molecule has 0 bridgehead atoms. The van der Waals surface area contributed by atoms with E-state index in [2.05, 4.69) is 10.1 Å². The zero-order valence-corrected chi connectivity index (χ0v) is 10.2. The quantitative estimate of drug-likeness (QED) is 0.856. The van der Waals surface area contributed by atoms with Crippen molar-refractivity contribution >= 4 is 23.4 Å². The molecule has 0 unspecified atom stereocenters. The third kappa shape index (κ3) is 2.48. The molecule has 0 amide bonds. The molecule has 0 aliphatic rings. The van der Waals surface area contributed by atoms with Crippen molar-refractivity contribution in [2.45, 2.75) is 10.8 Å². The molecule has 0 aliphatic carbocycles. The Labute approximate surface area is 102 Å². The van der Waals surface area contributed by atoms with Crippen molar-refractivity contribution in [2.75, 3.05) is 0 Å². The van der Waals surface area contributed by atoms with Crippen LogP contribution in [0.1, 0.15) is 5.69 Å². The summed E-state index contributed by atoms with van der Waals surface area (Å²) in [6, 6.07) is 5.10. The fourth-order valence-electron chi connectivity index (χ4n) is 1.21. The molecule has 0 aromatic carbocycles. The van der Waals surface area contributed by atoms with Crippen LogP contribution >= 0.6 is 23.4 Å². The van der Waals surface area contributed by atoms with Crippen molar-refractivity contribution in [3.8, 4) is 5.75 Å². The SMILES string of the molecule is Cn1nc(CSc2ncccc2O)cc1Cl. The number of pyridine rings is 1. The lowest BCUT2D eigenvalue weighted by atomic mass is 10.5. The van der Waals surface area contributed by atoms with Crippen LogP contribution in [0.5, 0.6) is 5.75 Å². The maximum atomic E-state index is 9.51. The van der Waals surface area contributed by atoms with Crippen molar-refractivity contribution in [1.82, 2.24) is 14.8 Å². The number of hydrogen-bond donors (Lipinski definition) is 1. The van der Waals surface area contributed by atoms with E-state index in [0.717, 1.165) is 5.69 Å². The van der Waals surface area contributed by atoms with Gasteiger partial charge in [-0.2, -0.15) is 5.10 Å². The number of aromatic hydroxyl groups is 1. The largest absolute Gasteiger partial charge is 0.505 e. The molecule has 2 rings (SSSR count). The van der Waals surface area contributed by atoms with Crippen LogP contribution in [0.15, 0.2) is 29.4 Å². The van der Waals surface area contributed by atoms with E-state index < -0.39 is 0 Å². The predicted octanol–water partition coefficient (Wildman–Crippen LogP) is 2.47. The number of aryl methyl sites for hydroxylation is 1. The van der Waals surface area contributed by atoms with Crippen LogP contribution in [0.3, 0.4) is 0 Å². The molecule has 2 heterocycles. The van der Waals surface area contributed by atoms with Gasteiger partial charge < -0.3 is 5.11 Å². The maximum Gasteiger partial charge on any atom is 0.147 e. The average Bonchev–Trinajstić information content (AvgIpc) is 2.57.